The molecular formula is C13H12FN3O. The Morgan fingerprint density at radius 1 is 1.33 bits per heavy atom. The maximum atomic E-state index is 13.6. The second-order valence-electron chi connectivity index (χ2n) is 3.68. The predicted molar refractivity (Wildman–Crippen MR) is 67.1 cm³/mol. The van der Waals surface area contributed by atoms with Crippen LogP contribution in [0.25, 0.3) is 5.69 Å². The summed E-state index contributed by atoms with van der Waals surface area (Å²) in [5.74, 6) is -0.571. The van der Waals surface area contributed by atoms with Gasteiger partial charge < -0.3 is 4.57 Å². The highest BCUT2D eigenvalue weighted by Gasteiger charge is 2.05. The molecule has 0 fully saturated rings. The van der Waals surface area contributed by atoms with Gasteiger partial charge in [0.2, 0.25) is 5.91 Å². The first-order valence-corrected chi connectivity index (χ1v) is 5.40. The largest absolute Gasteiger partial charge is 0.313 e. The van der Waals surface area contributed by atoms with Crippen LogP contribution in [0.1, 0.15) is 12.6 Å². The molecule has 0 saturated heterocycles. The number of aromatic nitrogens is 1. The Kier molecular flexibility index (Phi) is 3.52. The number of amides is 1. The summed E-state index contributed by atoms with van der Waals surface area (Å²) in [6.45, 7) is 1.37. The van der Waals surface area contributed by atoms with Crippen molar-refractivity contribution in [2.24, 2.45) is 5.10 Å². The summed E-state index contributed by atoms with van der Waals surface area (Å²) in [6.07, 6.45) is 3.20. The van der Waals surface area contributed by atoms with E-state index < -0.39 is 0 Å². The first-order valence-electron chi connectivity index (χ1n) is 5.40. The normalized spacial score (nSPS) is 10.8. The molecule has 0 spiro atoms. The van der Waals surface area contributed by atoms with Gasteiger partial charge in [-0.3, -0.25) is 4.79 Å². The zero-order chi connectivity index (χ0) is 13.0. The molecule has 2 rings (SSSR count). The number of hydrogen-bond acceptors (Lipinski definition) is 2. The first kappa shape index (κ1) is 12.0. The van der Waals surface area contributed by atoms with Gasteiger partial charge in [-0.15, -0.1) is 0 Å². The number of nitrogens with zero attached hydrogens (tertiary/aromatic N) is 2. The molecule has 18 heavy (non-hydrogen) atoms. The summed E-state index contributed by atoms with van der Waals surface area (Å²) in [7, 11) is 0. The van der Waals surface area contributed by atoms with Gasteiger partial charge in [0.15, 0.2) is 0 Å². The van der Waals surface area contributed by atoms with Gasteiger partial charge in [0.25, 0.3) is 0 Å². The molecule has 0 atom stereocenters. The lowest BCUT2D eigenvalue weighted by molar-refractivity contribution is -0.118. The molecule has 0 unspecified atom stereocenters. The Labute approximate surface area is 104 Å². The standard InChI is InChI=1S/C13H12FN3O/c1-10(18)16-15-9-11-5-4-8-17(11)13-7-3-2-6-12(13)14/h2-9H,1H3,(H,16,18)/b15-9-. The second-order valence-corrected chi connectivity index (χ2v) is 3.68. The van der Waals surface area contributed by atoms with Gasteiger partial charge in [-0.05, 0) is 24.3 Å². The number of para-hydroxylation sites is 1. The van der Waals surface area contributed by atoms with Crippen LogP contribution in [-0.4, -0.2) is 16.7 Å². The van der Waals surface area contributed by atoms with Crippen LogP contribution in [-0.2, 0) is 4.79 Å². The minimum atomic E-state index is -0.317. The minimum Gasteiger partial charge on any atom is -0.313 e. The lowest BCUT2D eigenvalue weighted by atomic mass is 10.3. The smallest absolute Gasteiger partial charge is 0.236 e. The maximum absolute atomic E-state index is 13.6. The minimum absolute atomic E-state index is 0.254. The molecule has 92 valence electrons. The third kappa shape index (κ3) is 2.63. The van der Waals surface area contributed by atoms with Crippen molar-refractivity contribution in [3.8, 4) is 5.69 Å². The molecule has 1 aromatic heterocycles. The van der Waals surface area contributed by atoms with Crippen LogP contribution in [0.3, 0.4) is 0 Å². The van der Waals surface area contributed by atoms with E-state index in [1.54, 1.807) is 41.1 Å². The van der Waals surface area contributed by atoms with E-state index in [-0.39, 0.29) is 11.7 Å². The molecule has 0 aliphatic carbocycles. The quantitative estimate of drug-likeness (QED) is 0.653. The van der Waals surface area contributed by atoms with Crippen LogP contribution in [0.15, 0.2) is 47.7 Å². The Balaban J connectivity index is 2.31. The second kappa shape index (κ2) is 5.27. The van der Waals surface area contributed by atoms with E-state index >= 15 is 0 Å². The third-order valence-electron chi connectivity index (χ3n) is 2.31. The Morgan fingerprint density at radius 3 is 2.83 bits per heavy atom. The highest BCUT2D eigenvalue weighted by Crippen LogP contribution is 2.15. The third-order valence-corrected chi connectivity index (χ3v) is 2.31. The van der Waals surface area contributed by atoms with Gasteiger partial charge in [-0.25, -0.2) is 9.82 Å². The van der Waals surface area contributed by atoms with Crippen LogP contribution >= 0.6 is 0 Å². The van der Waals surface area contributed by atoms with Gasteiger partial charge in [0.1, 0.15) is 5.82 Å². The molecular weight excluding hydrogens is 233 g/mol. The summed E-state index contributed by atoms with van der Waals surface area (Å²) in [6, 6.07) is 10.0. The first-order chi connectivity index (χ1) is 8.68. The number of hydrogen-bond donors (Lipinski definition) is 1. The topological polar surface area (TPSA) is 46.4 Å². The van der Waals surface area contributed by atoms with Crippen molar-refractivity contribution in [2.45, 2.75) is 6.92 Å². The number of rotatable bonds is 3. The summed E-state index contributed by atoms with van der Waals surface area (Å²) in [4.78, 5) is 10.7. The lowest BCUT2D eigenvalue weighted by Gasteiger charge is -2.06. The van der Waals surface area contributed by atoms with E-state index in [9.17, 15) is 9.18 Å². The number of benzene rings is 1. The lowest BCUT2D eigenvalue weighted by Crippen LogP contribution is -2.13. The molecule has 0 radical (unpaired) electrons. The Bertz CT molecular complexity index is 589. The number of carbonyl (C=O) groups excluding carboxylic acids is 1. The Morgan fingerprint density at radius 2 is 2.11 bits per heavy atom. The van der Waals surface area contributed by atoms with Crippen LogP contribution in [0.4, 0.5) is 4.39 Å². The monoisotopic (exact) mass is 245 g/mol. The van der Waals surface area contributed by atoms with Gasteiger partial charge >= 0.3 is 0 Å². The molecule has 4 nitrogen and oxygen atoms in total. The van der Waals surface area contributed by atoms with Crippen molar-refractivity contribution in [3.63, 3.8) is 0 Å². The van der Waals surface area contributed by atoms with E-state index in [4.69, 9.17) is 0 Å². The van der Waals surface area contributed by atoms with Crippen LogP contribution in [0.2, 0.25) is 0 Å². The molecule has 1 amide bonds. The van der Waals surface area contributed by atoms with E-state index in [1.807, 2.05) is 0 Å². The molecule has 0 aliphatic heterocycles. The number of carbonyl (C=O) groups is 1. The van der Waals surface area contributed by atoms with Crippen LogP contribution in [0, 0.1) is 5.82 Å². The maximum Gasteiger partial charge on any atom is 0.236 e. The van der Waals surface area contributed by atoms with Crippen molar-refractivity contribution in [1.82, 2.24) is 9.99 Å². The molecule has 5 heteroatoms. The van der Waals surface area contributed by atoms with Crippen LogP contribution in [0.5, 0.6) is 0 Å². The number of hydrazone groups is 1. The average molecular weight is 245 g/mol. The average Bonchev–Trinajstić information content (AvgIpc) is 2.77. The summed E-state index contributed by atoms with van der Waals surface area (Å²) in [5, 5.41) is 3.76. The fourth-order valence-corrected chi connectivity index (χ4v) is 1.56. The van der Waals surface area contributed by atoms with Gasteiger partial charge in [-0.1, -0.05) is 12.1 Å². The molecule has 0 saturated carbocycles. The Hall–Kier alpha value is -2.43. The molecule has 0 aliphatic rings. The van der Waals surface area contributed by atoms with E-state index in [0.29, 0.717) is 11.4 Å². The molecule has 2 aromatic rings. The zero-order valence-electron chi connectivity index (χ0n) is 9.80. The summed E-state index contributed by atoms with van der Waals surface area (Å²) < 4.78 is 15.3. The summed E-state index contributed by atoms with van der Waals surface area (Å²) in [5.41, 5.74) is 3.41. The molecule has 1 heterocycles. The summed E-state index contributed by atoms with van der Waals surface area (Å²) >= 11 is 0. The highest BCUT2D eigenvalue weighted by atomic mass is 19.1. The van der Waals surface area contributed by atoms with Crippen molar-refractivity contribution in [2.75, 3.05) is 0 Å². The van der Waals surface area contributed by atoms with Crippen molar-refractivity contribution >= 4 is 12.1 Å². The van der Waals surface area contributed by atoms with E-state index in [0.717, 1.165) is 0 Å². The molecule has 1 aromatic carbocycles. The zero-order valence-corrected chi connectivity index (χ0v) is 9.80. The number of halogens is 1. The highest BCUT2D eigenvalue weighted by molar-refractivity contribution is 5.81. The number of nitrogens with one attached hydrogen (secondary N) is 1. The molecule has 1 N–H and O–H groups in total. The van der Waals surface area contributed by atoms with Gasteiger partial charge in [0, 0.05) is 13.1 Å². The fraction of sp³-hybridized carbons (Fsp3) is 0.0769. The van der Waals surface area contributed by atoms with E-state index in [2.05, 4.69) is 10.5 Å². The predicted octanol–water partition coefficient (Wildman–Crippen LogP) is 2.09. The van der Waals surface area contributed by atoms with Crippen LogP contribution < -0.4 is 5.43 Å². The SMILES string of the molecule is CC(=O)N/N=C\c1cccn1-c1ccccc1F. The van der Waals surface area contributed by atoms with Gasteiger partial charge in [-0.2, -0.15) is 5.10 Å². The van der Waals surface area contributed by atoms with Crippen molar-refractivity contribution in [1.29, 1.82) is 0 Å². The fourth-order valence-electron chi connectivity index (χ4n) is 1.56. The van der Waals surface area contributed by atoms with E-state index in [1.165, 1.54) is 19.2 Å². The van der Waals surface area contributed by atoms with Crippen molar-refractivity contribution in [3.05, 3.63) is 54.1 Å². The van der Waals surface area contributed by atoms with Crippen molar-refractivity contribution < 1.29 is 9.18 Å². The van der Waals surface area contributed by atoms with Gasteiger partial charge in [0.05, 0.1) is 17.6 Å². The molecule has 0 bridgehead atoms.